The smallest absolute Gasteiger partial charge is 0.252 e. The lowest BCUT2D eigenvalue weighted by molar-refractivity contribution is 0.400. The average molecular weight is 481 g/mol. The van der Waals surface area contributed by atoms with Crippen LogP contribution in [0.15, 0.2) is 76.4 Å². The van der Waals surface area contributed by atoms with E-state index in [0.29, 0.717) is 5.56 Å². The number of aromatic amines is 1. The van der Waals surface area contributed by atoms with Gasteiger partial charge < -0.3 is 4.98 Å². The van der Waals surface area contributed by atoms with E-state index >= 15 is 0 Å². The molecule has 170 valence electrons. The Morgan fingerprint density at radius 1 is 0.879 bits per heavy atom. The number of nitrogens with one attached hydrogen (secondary N) is 1. The van der Waals surface area contributed by atoms with Crippen molar-refractivity contribution in [1.29, 1.82) is 0 Å². The highest BCUT2D eigenvalue weighted by atomic mass is 35.5. The van der Waals surface area contributed by atoms with Gasteiger partial charge in [-0.25, -0.2) is 8.42 Å². The number of pyridine rings is 1. The lowest BCUT2D eigenvalue weighted by Crippen LogP contribution is -2.32. The zero-order chi connectivity index (χ0) is 23.8. The minimum atomic E-state index is -3.98. The first-order valence-electron chi connectivity index (χ1n) is 10.6. The van der Waals surface area contributed by atoms with Crippen molar-refractivity contribution in [3.63, 3.8) is 0 Å². The maximum absolute atomic E-state index is 13.6. The number of H-pyrrole nitrogens is 1. The second kappa shape index (κ2) is 9.14. The molecule has 1 heterocycles. The molecule has 7 heteroatoms. The number of rotatable bonds is 6. The van der Waals surface area contributed by atoms with E-state index in [0.717, 1.165) is 33.2 Å². The van der Waals surface area contributed by atoms with Crippen LogP contribution < -0.4 is 5.56 Å². The molecule has 4 aromatic rings. The molecule has 5 nitrogen and oxygen atoms in total. The zero-order valence-corrected chi connectivity index (χ0v) is 20.3. The van der Waals surface area contributed by atoms with Crippen LogP contribution in [-0.4, -0.2) is 17.7 Å². The predicted octanol–water partition coefficient (Wildman–Crippen LogP) is 5.50. The van der Waals surface area contributed by atoms with Crippen molar-refractivity contribution in [3.8, 4) is 0 Å². The molecule has 0 bridgehead atoms. The molecule has 0 amide bonds. The van der Waals surface area contributed by atoms with Gasteiger partial charge in [0.2, 0.25) is 10.0 Å². The van der Waals surface area contributed by atoms with Gasteiger partial charge in [-0.05, 0) is 61.7 Å². The van der Waals surface area contributed by atoms with Crippen molar-refractivity contribution in [1.82, 2.24) is 9.29 Å². The highest BCUT2D eigenvalue weighted by Gasteiger charge is 2.28. The summed E-state index contributed by atoms with van der Waals surface area (Å²) in [6, 6.07) is 19.7. The number of hydrogen-bond acceptors (Lipinski definition) is 3. The zero-order valence-electron chi connectivity index (χ0n) is 18.7. The van der Waals surface area contributed by atoms with Crippen molar-refractivity contribution >= 4 is 32.5 Å². The van der Waals surface area contributed by atoms with Gasteiger partial charge in [0.15, 0.2) is 0 Å². The molecule has 1 N–H and O–H groups in total. The molecular weight excluding hydrogens is 456 g/mol. The maximum Gasteiger partial charge on any atom is 0.252 e. The van der Waals surface area contributed by atoms with Gasteiger partial charge in [0.1, 0.15) is 4.90 Å². The minimum absolute atomic E-state index is 0.0165. The summed E-state index contributed by atoms with van der Waals surface area (Å²) in [6.07, 6.45) is 0. The summed E-state index contributed by atoms with van der Waals surface area (Å²) in [6.45, 7) is 5.94. The van der Waals surface area contributed by atoms with E-state index in [9.17, 15) is 13.2 Å². The first-order valence-corrected chi connectivity index (χ1v) is 12.4. The Kier molecular flexibility index (Phi) is 6.43. The van der Waals surface area contributed by atoms with Gasteiger partial charge in [-0.1, -0.05) is 59.6 Å². The molecule has 0 saturated heterocycles. The van der Waals surface area contributed by atoms with Crippen LogP contribution in [0.2, 0.25) is 5.02 Å². The molecule has 4 rings (SSSR count). The lowest BCUT2D eigenvalue weighted by Gasteiger charge is -2.23. The quantitative estimate of drug-likeness (QED) is 0.396. The number of fused-ring (bicyclic) bond motifs is 1. The van der Waals surface area contributed by atoms with Crippen LogP contribution in [0.3, 0.4) is 0 Å². The van der Waals surface area contributed by atoms with Gasteiger partial charge in [-0.15, -0.1) is 0 Å². The Hall–Kier alpha value is -2.93. The van der Waals surface area contributed by atoms with E-state index in [2.05, 4.69) is 4.98 Å². The van der Waals surface area contributed by atoms with Crippen LogP contribution in [0.25, 0.3) is 10.9 Å². The molecule has 0 fully saturated rings. The van der Waals surface area contributed by atoms with Crippen LogP contribution in [0, 0.1) is 20.8 Å². The summed E-state index contributed by atoms with van der Waals surface area (Å²) in [5, 5.41) is 1.03. The van der Waals surface area contributed by atoms with Crippen LogP contribution >= 0.6 is 11.6 Å². The number of halogens is 1. The van der Waals surface area contributed by atoms with E-state index in [1.165, 1.54) is 10.4 Å². The summed E-state index contributed by atoms with van der Waals surface area (Å²) < 4.78 is 28.6. The standard InChI is InChI=1S/C26H25ClN2O3S/c1-17-8-10-20(11-9-17)15-29(33(31,32)25-7-5-4-6-23(25)27)16-21-14-22-19(3)12-18(2)13-24(22)28-26(21)30/h4-14H,15-16H2,1-3H3,(H,28,30). The van der Waals surface area contributed by atoms with Crippen LogP contribution in [-0.2, 0) is 23.1 Å². The van der Waals surface area contributed by atoms with Gasteiger partial charge in [0.05, 0.1) is 5.02 Å². The molecular formula is C26H25ClN2O3S. The Morgan fingerprint density at radius 3 is 2.27 bits per heavy atom. The third-order valence-corrected chi connectivity index (χ3v) is 7.96. The van der Waals surface area contributed by atoms with E-state index < -0.39 is 10.0 Å². The summed E-state index contributed by atoms with van der Waals surface area (Å²) >= 11 is 6.25. The van der Waals surface area contributed by atoms with Crippen LogP contribution in [0.4, 0.5) is 0 Å². The van der Waals surface area contributed by atoms with Gasteiger partial charge >= 0.3 is 0 Å². The van der Waals surface area contributed by atoms with Crippen molar-refractivity contribution in [3.05, 3.63) is 110 Å². The number of sulfonamides is 1. The summed E-state index contributed by atoms with van der Waals surface area (Å²) in [5.41, 5.74) is 4.76. The fraction of sp³-hybridized carbons (Fsp3) is 0.192. The van der Waals surface area contributed by atoms with E-state index in [1.807, 2.05) is 57.2 Å². The number of nitrogens with zero attached hydrogens (tertiary/aromatic N) is 1. The summed E-state index contributed by atoms with van der Waals surface area (Å²) in [4.78, 5) is 15.8. The van der Waals surface area contributed by atoms with Crippen molar-refractivity contribution in [2.75, 3.05) is 0 Å². The number of aromatic nitrogens is 1. The van der Waals surface area contributed by atoms with Gasteiger partial charge in [0.25, 0.3) is 5.56 Å². The van der Waals surface area contributed by atoms with Crippen molar-refractivity contribution in [2.24, 2.45) is 0 Å². The third-order valence-electron chi connectivity index (χ3n) is 5.67. The highest BCUT2D eigenvalue weighted by molar-refractivity contribution is 7.89. The number of aryl methyl sites for hydroxylation is 3. The average Bonchev–Trinajstić information content (AvgIpc) is 2.75. The number of hydrogen-bond donors (Lipinski definition) is 1. The molecule has 1 aromatic heterocycles. The van der Waals surface area contributed by atoms with Crippen molar-refractivity contribution in [2.45, 2.75) is 38.8 Å². The summed E-state index contributed by atoms with van der Waals surface area (Å²) in [5.74, 6) is 0. The minimum Gasteiger partial charge on any atom is -0.322 e. The molecule has 0 spiro atoms. The summed E-state index contributed by atoms with van der Waals surface area (Å²) in [7, 11) is -3.98. The molecule has 0 atom stereocenters. The normalized spacial score (nSPS) is 11.9. The topological polar surface area (TPSA) is 70.2 Å². The second-order valence-electron chi connectivity index (χ2n) is 8.36. The molecule has 0 aliphatic rings. The molecule has 0 aliphatic carbocycles. The largest absolute Gasteiger partial charge is 0.322 e. The van der Waals surface area contributed by atoms with Crippen LogP contribution in [0.1, 0.15) is 27.8 Å². The Morgan fingerprint density at radius 2 is 1.58 bits per heavy atom. The highest BCUT2D eigenvalue weighted by Crippen LogP contribution is 2.27. The van der Waals surface area contributed by atoms with Crippen molar-refractivity contribution < 1.29 is 8.42 Å². The van der Waals surface area contributed by atoms with E-state index in [1.54, 1.807) is 24.3 Å². The predicted molar refractivity (Wildman–Crippen MR) is 133 cm³/mol. The molecule has 3 aromatic carbocycles. The third kappa shape index (κ3) is 4.88. The molecule has 0 saturated carbocycles. The van der Waals surface area contributed by atoms with Gasteiger partial charge in [-0.3, -0.25) is 4.79 Å². The fourth-order valence-electron chi connectivity index (χ4n) is 3.94. The van der Waals surface area contributed by atoms with E-state index in [4.69, 9.17) is 11.6 Å². The molecule has 33 heavy (non-hydrogen) atoms. The Bertz CT molecular complexity index is 1490. The van der Waals surface area contributed by atoms with Gasteiger partial charge in [0, 0.05) is 29.6 Å². The molecule has 0 unspecified atom stereocenters. The first-order chi connectivity index (χ1) is 15.6. The van der Waals surface area contributed by atoms with Gasteiger partial charge in [-0.2, -0.15) is 4.31 Å². The maximum atomic E-state index is 13.6. The second-order valence-corrected chi connectivity index (χ2v) is 10.7. The monoisotopic (exact) mass is 480 g/mol. The Labute approximate surface area is 198 Å². The van der Waals surface area contributed by atoms with E-state index in [-0.39, 0.29) is 28.6 Å². The molecule has 0 aliphatic heterocycles. The first kappa shape index (κ1) is 23.2. The lowest BCUT2D eigenvalue weighted by atomic mass is 10.0. The molecule has 0 radical (unpaired) electrons. The Balaban J connectivity index is 1.81. The fourth-order valence-corrected chi connectivity index (χ4v) is 5.84. The van der Waals surface area contributed by atoms with Crippen LogP contribution in [0.5, 0.6) is 0 Å². The SMILES string of the molecule is Cc1ccc(CN(Cc2cc3c(C)cc(C)cc3[nH]c2=O)S(=O)(=O)c2ccccc2Cl)cc1. The number of benzene rings is 3.